The molecule has 2 N–H and O–H groups in total. The number of sulfonamides is 1. The summed E-state index contributed by atoms with van der Waals surface area (Å²) in [6, 6.07) is 4.64. The van der Waals surface area contributed by atoms with Gasteiger partial charge in [0.1, 0.15) is 0 Å². The molecule has 2 heterocycles. The molecule has 0 spiro atoms. The zero-order chi connectivity index (χ0) is 16.3. The number of rotatable bonds is 6. The van der Waals surface area contributed by atoms with Crippen molar-refractivity contribution in [1.82, 2.24) is 10.0 Å². The van der Waals surface area contributed by atoms with Gasteiger partial charge in [-0.25, -0.2) is 13.1 Å². The van der Waals surface area contributed by atoms with Gasteiger partial charge in [0.2, 0.25) is 16.8 Å². The van der Waals surface area contributed by atoms with Gasteiger partial charge in [-0.3, -0.25) is 0 Å². The monoisotopic (exact) mass is 342 g/mol. The molecule has 7 nitrogen and oxygen atoms in total. The van der Waals surface area contributed by atoms with Crippen LogP contribution in [0.3, 0.4) is 0 Å². The molecule has 3 rings (SSSR count). The highest BCUT2D eigenvalue weighted by Gasteiger charge is 2.33. The van der Waals surface area contributed by atoms with E-state index in [-0.39, 0.29) is 17.1 Å². The lowest BCUT2D eigenvalue weighted by atomic mass is 9.80. The van der Waals surface area contributed by atoms with Gasteiger partial charge in [0.15, 0.2) is 11.5 Å². The molecule has 0 saturated carbocycles. The Kier molecular flexibility index (Phi) is 4.77. The summed E-state index contributed by atoms with van der Waals surface area (Å²) in [5.74, 6) is 1.03. The summed E-state index contributed by atoms with van der Waals surface area (Å²) in [7, 11) is -1.95. The van der Waals surface area contributed by atoms with Crippen LogP contribution in [-0.4, -0.2) is 48.6 Å². The number of hydrogen-bond acceptors (Lipinski definition) is 6. The molecule has 1 aromatic rings. The van der Waals surface area contributed by atoms with Crippen molar-refractivity contribution in [2.45, 2.75) is 17.7 Å². The van der Waals surface area contributed by atoms with Crippen molar-refractivity contribution < 1.29 is 22.6 Å². The van der Waals surface area contributed by atoms with Crippen LogP contribution in [0, 0.1) is 5.41 Å². The van der Waals surface area contributed by atoms with Crippen LogP contribution in [0.4, 0.5) is 0 Å². The molecule has 23 heavy (non-hydrogen) atoms. The van der Waals surface area contributed by atoms with Gasteiger partial charge >= 0.3 is 0 Å². The van der Waals surface area contributed by atoms with E-state index in [2.05, 4.69) is 10.0 Å². The quantitative estimate of drug-likeness (QED) is 0.792. The molecule has 0 bridgehead atoms. The second-order valence-corrected chi connectivity index (χ2v) is 7.79. The molecule has 0 radical (unpaired) electrons. The van der Waals surface area contributed by atoms with Gasteiger partial charge in [-0.1, -0.05) is 0 Å². The Bertz CT molecular complexity index is 650. The summed E-state index contributed by atoms with van der Waals surface area (Å²) in [4.78, 5) is 0.184. The molecule has 2 aliphatic rings. The first kappa shape index (κ1) is 16.5. The van der Waals surface area contributed by atoms with E-state index in [0.717, 1.165) is 25.9 Å². The van der Waals surface area contributed by atoms with Crippen LogP contribution >= 0.6 is 0 Å². The second kappa shape index (κ2) is 6.64. The third-order valence-corrected chi connectivity index (χ3v) is 5.81. The fourth-order valence-electron chi connectivity index (χ4n) is 3.01. The molecule has 128 valence electrons. The van der Waals surface area contributed by atoms with Crippen LogP contribution in [-0.2, 0) is 14.8 Å². The van der Waals surface area contributed by atoms with Crippen molar-refractivity contribution in [3.05, 3.63) is 18.2 Å². The van der Waals surface area contributed by atoms with Crippen molar-refractivity contribution in [2.75, 3.05) is 40.1 Å². The molecule has 0 unspecified atom stereocenters. The van der Waals surface area contributed by atoms with Crippen LogP contribution in [0.25, 0.3) is 0 Å². The fraction of sp³-hybridized carbons (Fsp3) is 0.600. The third-order valence-electron chi connectivity index (χ3n) is 4.41. The summed E-state index contributed by atoms with van der Waals surface area (Å²) < 4.78 is 43.6. The fourth-order valence-corrected chi connectivity index (χ4v) is 4.18. The number of hydrogen-bond donors (Lipinski definition) is 2. The highest BCUT2D eigenvalue weighted by molar-refractivity contribution is 7.89. The Morgan fingerprint density at radius 3 is 2.74 bits per heavy atom. The first-order chi connectivity index (χ1) is 11.0. The third kappa shape index (κ3) is 3.60. The van der Waals surface area contributed by atoms with E-state index in [1.165, 1.54) is 12.1 Å². The molecule has 1 saturated heterocycles. The maximum Gasteiger partial charge on any atom is 0.240 e. The number of ether oxygens (including phenoxy) is 3. The number of benzene rings is 1. The molecule has 2 aliphatic heterocycles. The minimum atomic E-state index is -3.60. The Hall–Kier alpha value is -1.35. The number of piperidine rings is 1. The molecule has 1 fully saturated rings. The number of methoxy groups -OCH3 is 1. The Morgan fingerprint density at radius 2 is 2.00 bits per heavy atom. The topological polar surface area (TPSA) is 85.9 Å². The first-order valence-corrected chi connectivity index (χ1v) is 9.12. The van der Waals surface area contributed by atoms with Gasteiger partial charge in [-0.15, -0.1) is 0 Å². The van der Waals surface area contributed by atoms with Crippen LogP contribution in [0.15, 0.2) is 23.1 Å². The minimum Gasteiger partial charge on any atom is -0.454 e. The van der Waals surface area contributed by atoms with Gasteiger partial charge in [0.25, 0.3) is 0 Å². The van der Waals surface area contributed by atoms with E-state index in [1.54, 1.807) is 13.2 Å². The predicted octanol–water partition coefficient (Wildman–Crippen LogP) is 0.710. The minimum absolute atomic E-state index is 0.121. The standard InChI is InChI=1S/C15H22N2O5S/c1-20-10-15(4-6-16-7-5-15)9-17-23(18,19)12-2-3-13-14(8-12)22-11-21-13/h2-3,8,16-17H,4-7,9-11H2,1H3. The van der Waals surface area contributed by atoms with Gasteiger partial charge in [0, 0.05) is 25.1 Å². The highest BCUT2D eigenvalue weighted by Crippen LogP contribution is 2.34. The maximum atomic E-state index is 12.6. The highest BCUT2D eigenvalue weighted by atomic mass is 32.2. The van der Waals surface area contributed by atoms with E-state index >= 15 is 0 Å². The Balaban J connectivity index is 1.72. The van der Waals surface area contributed by atoms with E-state index in [1.807, 2.05) is 0 Å². The van der Waals surface area contributed by atoms with E-state index in [9.17, 15) is 8.42 Å². The SMILES string of the molecule is COCC1(CNS(=O)(=O)c2ccc3c(c2)OCO3)CCNCC1. The van der Waals surface area contributed by atoms with Gasteiger partial charge in [-0.2, -0.15) is 0 Å². The van der Waals surface area contributed by atoms with Crippen LogP contribution in [0.1, 0.15) is 12.8 Å². The summed E-state index contributed by atoms with van der Waals surface area (Å²) in [6.07, 6.45) is 1.76. The lowest BCUT2D eigenvalue weighted by Crippen LogP contribution is -2.47. The normalized spacial score (nSPS) is 19.7. The zero-order valence-electron chi connectivity index (χ0n) is 13.1. The lowest BCUT2D eigenvalue weighted by Gasteiger charge is -2.37. The van der Waals surface area contributed by atoms with Crippen LogP contribution in [0.2, 0.25) is 0 Å². The summed E-state index contributed by atoms with van der Waals surface area (Å²) in [5.41, 5.74) is -0.163. The largest absolute Gasteiger partial charge is 0.454 e. The van der Waals surface area contributed by atoms with Crippen molar-refractivity contribution in [1.29, 1.82) is 0 Å². The maximum absolute atomic E-state index is 12.6. The average molecular weight is 342 g/mol. The van der Waals surface area contributed by atoms with E-state index < -0.39 is 10.0 Å². The molecule has 0 aliphatic carbocycles. The molecule has 0 amide bonds. The first-order valence-electron chi connectivity index (χ1n) is 7.64. The van der Waals surface area contributed by atoms with Crippen molar-refractivity contribution in [3.63, 3.8) is 0 Å². The Labute approximate surface area is 136 Å². The second-order valence-electron chi connectivity index (χ2n) is 6.02. The molecule has 1 aromatic carbocycles. The van der Waals surface area contributed by atoms with E-state index in [4.69, 9.17) is 14.2 Å². The summed E-state index contributed by atoms with van der Waals surface area (Å²) >= 11 is 0. The van der Waals surface area contributed by atoms with Gasteiger partial charge in [-0.05, 0) is 38.1 Å². The van der Waals surface area contributed by atoms with Gasteiger partial charge in [0.05, 0.1) is 11.5 Å². The zero-order valence-corrected chi connectivity index (χ0v) is 13.9. The predicted molar refractivity (Wildman–Crippen MR) is 84.2 cm³/mol. The van der Waals surface area contributed by atoms with Crippen molar-refractivity contribution >= 4 is 10.0 Å². The summed E-state index contributed by atoms with van der Waals surface area (Å²) in [6.45, 7) is 2.76. The molecular formula is C15H22N2O5S. The smallest absolute Gasteiger partial charge is 0.240 e. The molecule has 8 heteroatoms. The average Bonchev–Trinajstić information content (AvgIpc) is 3.02. The number of nitrogens with one attached hydrogen (secondary N) is 2. The van der Waals surface area contributed by atoms with Crippen LogP contribution in [0.5, 0.6) is 11.5 Å². The molecular weight excluding hydrogens is 320 g/mol. The van der Waals surface area contributed by atoms with E-state index in [0.29, 0.717) is 24.7 Å². The van der Waals surface area contributed by atoms with Crippen LogP contribution < -0.4 is 19.5 Å². The molecule has 0 atom stereocenters. The Morgan fingerprint density at radius 1 is 1.26 bits per heavy atom. The molecule has 0 aromatic heterocycles. The van der Waals surface area contributed by atoms with Gasteiger partial charge < -0.3 is 19.5 Å². The summed E-state index contributed by atoms with van der Waals surface area (Å²) in [5, 5.41) is 3.29. The van der Waals surface area contributed by atoms with Crippen molar-refractivity contribution in [3.8, 4) is 11.5 Å². The lowest BCUT2D eigenvalue weighted by molar-refractivity contribution is 0.0577. The van der Waals surface area contributed by atoms with Crippen molar-refractivity contribution in [2.24, 2.45) is 5.41 Å². The number of fused-ring (bicyclic) bond motifs is 1.